The van der Waals surface area contributed by atoms with Gasteiger partial charge in [-0.3, -0.25) is 4.79 Å². The summed E-state index contributed by atoms with van der Waals surface area (Å²) in [6.07, 6.45) is 9.80. The zero-order valence-electron chi connectivity index (χ0n) is 15.1. The largest absolute Gasteiger partial charge is 0.355 e. The highest BCUT2D eigenvalue weighted by molar-refractivity contribution is 7.89. The number of amides is 1. The zero-order valence-corrected chi connectivity index (χ0v) is 15.9. The number of benzene rings is 1. The molecule has 1 fully saturated rings. The molecule has 6 heteroatoms. The fraction of sp³-hybridized carbons (Fsp3) is 0.632. The first-order valence-corrected chi connectivity index (χ1v) is 10.9. The second kappa shape index (κ2) is 9.92. The normalized spacial score (nSPS) is 18.1. The minimum Gasteiger partial charge on any atom is -0.355 e. The SMILES string of the molecule is CCCCCCCCc1ccc(S(=O)(=O)N[C@H]2CCCNC2=O)cc1. The van der Waals surface area contributed by atoms with Gasteiger partial charge in [0.1, 0.15) is 6.04 Å². The van der Waals surface area contributed by atoms with E-state index in [4.69, 9.17) is 0 Å². The minimum atomic E-state index is -3.66. The van der Waals surface area contributed by atoms with Crippen molar-refractivity contribution in [2.24, 2.45) is 0 Å². The maximum Gasteiger partial charge on any atom is 0.241 e. The van der Waals surface area contributed by atoms with Crippen molar-refractivity contribution in [1.29, 1.82) is 0 Å². The molecule has 0 spiro atoms. The Hall–Kier alpha value is -1.40. The second-order valence-corrected chi connectivity index (χ2v) is 8.48. The van der Waals surface area contributed by atoms with Crippen molar-refractivity contribution < 1.29 is 13.2 Å². The topological polar surface area (TPSA) is 75.3 Å². The summed E-state index contributed by atoms with van der Waals surface area (Å²) < 4.78 is 27.4. The molecule has 1 aliphatic heterocycles. The quantitative estimate of drug-likeness (QED) is 0.625. The Morgan fingerprint density at radius 1 is 1.08 bits per heavy atom. The van der Waals surface area contributed by atoms with E-state index in [1.54, 1.807) is 12.1 Å². The van der Waals surface area contributed by atoms with Crippen molar-refractivity contribution in [3.63, 3.8) is 0 Å². The number of unbranched alkanes of at least 4 members (excludes halogenated alkanes) is 5. The van der Waals surface area contributed by atoms with Crippen molar-refractivity contribution in [2.75, 3.05) is 6.54 Å². The highest BCUT2D eigenvalue weighted by Gasteiger charge is 2.27. The van der Waals surface area contributed by atoms with Crippen LogP contribution < -0.4 is 10.0 Å². The van der Waals surface area contributed by atoms with Gasteiger partial charge in [0.2, 0.25) is 15.9 Å². The second-order valence-electron chi connectivity index (χ2n) is 6.77. The third-order valence-electron chi connectivity index (χ3n) is 4.64. The van der Waals surface area contributed by atoms with Gasteiger partial charge in [-0.05, 0) is 43.4 Å². The predicted octanol–water partition coefficient (Wildman–Crippen LogP) is 3.15. The molecule has 1 aromatic rings. The number of aryl methyl sites for hydroxylation is 1. The molecule has 0 bridgehead atoms. The summed E-state index contributed by atoms with van der Waals surface area (Å²) in [4.78, 5) is 12.0. The lowest BCUT2D eigenvalue weighted by Crippen LogP contribution is -2.50. The van der Waals surface area contributed by atoms with Crippen LogP contribution in [0.5, 0.6) is 0 Å². The van der Waals surface area contributed by atoms with Gasteiger partial charge in [-0.2, -0.15) is 4.72 Å². The first kappa shape index (κ1) is 19.9. The smallest absolute Gasteiger partial charge is 0.241 e. The summed E-state index contributed by atoms with van der Waals surface area (Å²) in [5.41, 5.74) is 1.16. The number of hydrogen-bond acceptors (Lipinski definition) is 3. The molecule has 0 radical (unpaired) electrons. The van der Waals surface area contributed by atoms with E-state index in [0.29, 0.717) is 13.0 Å². The average Bonchev–Trinajstić information content (AvgIpc) is 2.60. The van der Waals surface area contributed by atoms with Gasteiger partial charge in [-0.1, -0.05) is 51.2 Å². The van der Waals surface area contributed by atoms with Crippen LogP contribution in [0.1, 0.15) is 63.9 Å². The molecule has 1 heterocycles. The van der Waals surface area contributed by atoms with Gasteiger partial charge in [-0.25, -0.2) is 8.42 Å². The Balaban J connectivity index is 1.84. The summed E-state index contributed by atoms with van der Waals surface area (Å²) >= 11 is 0. The van der Waals surface area contributed by atoms with E-state index < -0.39 is 16.1 Å². The Bertz CT molecular complexity index is 641. The Kier molecular flexibility index (Phi) is 7.90. The van der Waals surface area contributed by atoms with E-state index in [0.717, 1.165) is 24.8 Å². The maximum absolute atomic E-state index is 12.4. The number of carbonyl (C=O) groups excluding carboxylic acids is 1. The van der Waals surface area contributed by atoms with Gasteiger partial charge < -0.3 is 5.32 Å². The standard InChI is InChI=1S/C19H30N2O3S/c1-2-3-4-5-6-7-9-16-11-13-17(14-12-16)25(23,24)21-18-10-8-15-20-19(18)22/h11-14,18,21H,2-10,15H2,1H3,(H,20,22)/t18-/m0/s1. The molecule has 1 atom stereocenters. The molecule has 1 saturated heterocycles. The lowest BCUT2D eigenvalue weighted by atomic mass is 10.1. The Morgan fingerprint density at radius 3 is 2.44 bits per heavy atom. The van der Waals surface area contributed by atoms with Crippen molar-refractivity contribution in [2.45, 2.75) is 75.6 Å². The third-order valence-corrected chi connectivity index (χ3v) is 6.12. The van der Waals surface area contributed by atoms with Crippen LogP contribution in [0.2, 0.25) is 0 Å². The summed E-state index contributed by atoms with van der Waals surface area (Å²) in [7, 11) is -3.66. The molecule has 0 aliphatic carbocycles. The van der Waals surface area contributed by atoms with Crippen molar-refractivity contribution in [1.82, 2.24) is 10.0 Å². The van der Waals surface area contributed by atoms with Crippen LogP contribution in [0.25, 0.3) is 0 Å². The van der Waals surface area contributed by atoms with Gasteiger partial charge >= 0.3 is 0 Å². The van der Waals surface area contributed by atoms with E-state index in [2.05, 4.69) is 17.0 Å². The molecule has 140 valence electrons. The molecule has 5 nitrogen and oxygen atoms in total. The van der Waals surface area contributed by atoms with Crippen LogP contribution >= 0.6 is 0 Å². The number of nitrogens with one attached hydrogen (secondary N) is 2. The number of hydrogen-bond donors (Lipinski definition) is 2. The van der Waals surface area contributed by atoms with E-state index in [9.17, 15) is 13.2 Å². The molecule has 0 unspecified atom stereocenters. The number of piperidine rings is 1. The van der Waals surface area contributed by atoms with Gasteiger partial charge in [0.15, 0.2) is 0 Å². The van der Waals surface area contributed by atoms with Gasteiger partial charge in [0, 0.05) is 6.54 Å². The van der Waals surface area contributed by atoms with Crippen LogP contribution in [-0.4, -0.2) is 26.9 Å². The van der Waals surface area contributed by atoms with E-state index in [1.165, 1.54) is 32.1 Å². The van der Waals surface area contributed by atoms with E-state index in [-0.39, 0.29) is 10.8 Å². The fourth-order valence-corrected chi connectivity index (χ4v) is 4.31. The Morgan fingerprint density at radius 2 is 1.76 bits per heavy atom. The van der Waals surface area contributed by atoms with Crippen LogP contribution in [-0.2, 0) is 21.2 Å². The molecular formula is C19H30N2O3S. The molecule has 0 saturated carbocycles. The lowest BCUT2D eigenvalue weighted by molar-refractivity contribution is -0.124. The number of carbonyl (C=O) groups is 1. The van der Waals surface area contributed by atoms with E-state index in [1.807, 2.05) is 12.1 Å². The fourth-order valence-electron chi connectivity index (χ4n) is 3.08. The van der Waals surface area contributed by atoms with Gasteiger partial charge in [0.05, 0.1) is 4.90 Å². The maximum atomic E-state index is 12.4. The molecule has 1 aromatic carbocycles. The van der Waals surface area contributed by atoms with Gasteiger partial charge in [0.25, 0.3) is 0 Å². The van der Waals surface area contributed by atoms with Crippen molar-refractivity contribution in [3.8, 4) is 0 Å². The molecule has 2 N–H and O–H groups in total. The van der Waals surface area contributed by atoms with Crippen molar-refractivity contribution in [3.05, 3.63) is 29.8 Å². The number of rotatable bonds is 10. The Labute approximate surface area is 151 Å². The first-order valence-electron chi connectivity index (χ1n) is 9.42. The molecule has 1 aliphatic rings. The first-order chi connectivity index (χ1) is 12.0. The zero-order chi connectivity index (χ0) is 18.1. The molecule has 2 rings (SSSR count). The summed E-state index contributed by atoms with van der Waals surface area (Å²) in [6, 6.07) is 6.36. The molecular weight excluding hydrogens is 336 g/mol. The van der Waals surface area contributed by atoms with Crippen LogP contribution in [0.4, 0.5) is 0 Å². The van der Waals surface area contributed by atoms with Crippen LogP contribution in [0.3, 0.4) is 0 Å². The highest BCUT2D eigenvalue weighted by Crippen LogP contribution is 2.15. The van der Waals surface area contributed by atoms with Crippen molar-refractivity contribution >= 4 is 15.9 Å². The van der Waals surface area contributed by atoms with Crippen LogP contribution in [0, 0.1) is 0 Å². The van der Waals surface area contributed by atoms with Gasteiger partial charge in [-0.15, -0.1) is 0 Å². The summed E-state index contributed by atoms with van der Waals surface area (Å²) in [5, 5.41) is 2.69. The summed E-state index contributed by atoms with van der Waals surface area (Å²) in [6.45, 7) is 2.83. The molecule has 25 heavy (non-hydrogen) atoms. The monoisotopic (exact) mass is 366 g/mol. The summed E-state index contributed by atoms with van der Waals surface area (Å²) in [5.74, 6) is -0.241. The average molecular weight is 367 g/mol. The predicted molar refractivity (Wildman–Crippen MR) is 99.9 cm³/mol. The number of sulfonamides is 1. The lowest BCUT2D eigenvalue weighted by Gasteiger charge is -2.22. The molecule has 0 aromatic heterocycles. The van der Waals surface area contributed by atoms with E-state index >= 15 is 0 Å². The molecule has 1 amide bonds. The highest BCUT2D eigenvalue weighted by atomic mass is 32.2. The third kappa shape index (κ3) is 6.44. The minimum absolute atomic E-state index is 0.220. The van der Waals surface area contributed by atoms with Crippen LogP contribution in [0.15, 0.2) is 29.2 Å².